The van der Waals surface area contributed by atoms with Crippen molar-refractivity contribution in [1.82, 2.24) is 9.72 Å². The van der Waals surface area contributed by atoms with E-state index in [2.05, 4.69) is 21.1 Å². The number of aryl methyl sites for hydroxylation is 2. The standard InChI is InChI=1S/C17H18BrN3O2/c1-9-14(18)16(12-5-7-13(22-4)8-6-12)21(17(9)19)15-10(2)20-23-11(15)3/h5-8H,19H2,1-4H3. The van der Waals surface area contributed by atoms with E-state index in [-0.39, 0.29) is 0 Å². The molecule has 3 rings (SSSR count). The van der Waals surface area contributed by atoms with Crippen LogP contribution in [0.15, 0.2) is 33.3 Å². The summed E-state index contributed by atoms with van der Waals surface area (Å²) in [6.07, 6.45) is 0. The Morgan fingerprint density at radius 3 is 2.35 bits per heavy atom. The van der Waals surface area contributed by atoms with Gasteiger partial charge in [-0.2, -0.15) is 0 Å². The fourth-order valence-electron chi connectivity index (χ4n) is 2.71. The molecule has 0 aliphatic heterocycles. The molecule has 0 unspecified atom stereocenters. The molecule has 0 atom stereocenters. The van der Waals surface area contributed by atoms with E-state index in [1.807, 2.05) is 49.6 Å². The van der Waals surface area contributed by atoms with E-state index in [0.29, 0.717) is 5.82 Å². The molecule has 0 aliphatic carbocycles. The average Bonchev–Trinajstić information content (AvgIpc) is 2.99. The number of methoxy groups -OCH3 is 1. The lowest BCUT2D eigenvalue weighted by Gasteiger charge is -2.12. The predicted molar refractivity (Wildman–Crippen MR) is 94.1 cm³/mol. The minimum Gasteiger partial charge on any atom is -0.497 e. The van der Waals surface area contributed by atoms with Crippen molar-refractivity contribution in [2.24, 2.45) is 0 Å². The summed E-state index contributed by atoms with van der Waals surface area (Å²) in [6.45, 7) is 5.78. The molecule has 0 fully saturated rings. The van der Waals surface area contributed by atoms with Crippen molar-refractivity contribution in [1.29, 1.82) is 0 Å². The molecule has 0 saturated carbocycles. The first kappa shape index (κ1) is 15.7. The third-order valence-corrected chi connectivity index (χ3v) is 4.94. The van der Waals surface area contributed by atoms with Crippen LogP contribution in [-0.2, 0) is 0 Å². The van der Waals surface area contributed by atoms with Crippen molar-refractivity contribution in [3.05, 3.63) is 45.8 Å². The van der Waals surface area contributed by atoms with Gasteiger partial charge in [0.1, 0.15) is 22.9 Å². The number of nitrogen functional groups attached to an aromatic ring is 1. The number of ether oxygens (including phenoxy) is 1. The Bertz CT molecular complexity index is 844. The fraction of sp³-hybridized carbons (Fsp3) is 0.235. The third kappa shape index (κ3) is 2.43. The Hall–Kier alpha value is -2.21. The van der Waals surface area contributed by atoms with E-state index in [1.165, 1.54) is 0 Å². The number of nitrogens with zero attached hydrogens (tertiary/aromatic N) is 2. The topological polar surface area (TPSA) is 66.2 Å². The van der Waals surface area contributed by atoms with Gasteiger partial charge in [-0.15, -0.1) is 0 Å². The molecule has 6 heteroatoms. The molecule has 0 bridgehead atoms. The number of aromatic nitrogens is 2. The third-order valence-electron chi connectivity index (χ3n) is 3.97. The Labute approximate surface area is 143 Å². The first-order valence-electron chi connectivity index (χ1n) is 7.19. The molecule has 0 radical (unpaired) electrons. The van der Waals surface area contributed by atoms with Gasteiger partial charge in [0.05, 0.1) is 12.8 Å². The van der Waals surface area contributed by atoms with Crippen LogP contribution in [0.25, 0.3) is 16.9 Å². The second kappa shape index (κ2) is 5.77. The van der Waals surface area contributed by atoms with Crippen LogP contribution in [-0.4, -0.2) is 16.8 Å². The minimum absolute atomic E-state index is 0.664. The molecule has 0 amide bonds. The average molecular weight is 376 g/mol. The van der Waals surface area contributed by atoms with Crippen molar-refractivity contribution in [3.8, 4) is 22.7 Å². The highest BCUT2D eigenvalue weighted by molar-refractivity contribution is 9.10. The number of anilines is 1. The van der Waals surface area contributed by atoms with Gasteiger partial charge in [0, 0.05) is 10.0 Å². The normalized spacial score (nSPS) is 11.0. The van der Waals surface area contributed by atoms with Gasteiger partial charge in [0.15, 0.2) is 5.76 Å². The van der Waals surface area contributed by atoms with E-state index >= 15 is 0 Å². The Balaban J connectivity index is 2.30. The van der Waals surface area contributed by atoms with Crippen molar-refractivity contribution in [2.75, 3.05) is 12.8 Å². The van der Waals surface area contributed by atoms with E-state index in [0.717, 1.165) is 44.2 Å². The second-order valence-corrected chi connectivity index (χ2v) is 6.20. The summed E-state index contributed by atoms with van der Waals surface area (Å²) in [5.74, 6) is 2.20. The van der Waals surface area contributed by atoms with Crippen molar-refractivity contribution in [2.45, 2.75) is 20.8 Å². The van der Waals surface area contributed by atoms with E-state index in [9.17, 15) is 0 Å². The van der Waals surface area contributed by atoms with Crippen molar-refractivity contribution < 1.29 is 9.26 Å². The molecule has 2 heterocycles. The SMILES string of the molecule is COc1ccc(-c2c(Br)c(C)c(N)n2-c2c(C)noc2C)cc1. The Morgan fingerprint density at radius 1 is 1.17 bits per heavy atom. The number of hydrogen-bond donors (Lipinski definition) is 1. The number of halogens is 1. The summed E-state index contributed by atoms with van der Waals surface area (Å²) in [6, 6.07) is 7.87. The molecular formula is C17H18BrN3O2. The van der Waals surface area contributed by atoms with Crippen LogP contribution < -0.4 is 10.5 Å². The second-order valence-electron chi connectivity index (χ2n) is 5.41. The van der Waals surface area contributed by atoms with Gasteiger partial charge in [0.2, 0.25) is 0 Å². The number of nitrogens with two attached hydrogens (primary N) is 1. The largest absolute Gasteiger partial charge is 0.497 e. The lowest BCUT2D eigenvalue weighted by Crippen LogP contribution is -2.04. The smallest absolute Gasteiger partial charge is 0.157 e. The van der Waals surface area contributed by atoms with E-state index < -0.39 is 0 Å². The zero-order valence-electron chi connectivity index (χ0n) is 13.5. The van der Waals surface area contributed by atoms with Crippen LogP contribution >= 0.6 is 15.9 Å². The van der Waals surface area contributed by atoms with Gasteiger partial charge in [-0.3, -0.25) is 4.57 Å². The van der Waals surface area contributed by atoms with Gasteiger partial charge in [-0.05, 0) is 66.5 Å². The van der Waals surface area contributed by atoms with Gasteiger partial charge in [-0.1, -0.05) is 5.16 Å². The van der Waals surface area contributed by atoms with E-state index in [1.54, 1.807) is 7.11 Å². The molecule has 1 aromatic carbocycles. The lowest BCUT2D eigenvalue weighted by molar-refractivity contribution is 0.393. The maximum absolute atomic E-state index is 6.37. The monoisotopic (exact) mass is 375 g/mol. The van der Waals surface area contributed by atoms with Crippen molar-refractivity contribution >= 4 is 21.7 Å². The first-order valence-corrected chi connectivity index (χ1v) is 7.99. The quantitative estimate of drug-likeness (QED) is 0.735. The van der Waals surface area contributed by atoms with Gasteiger partial charge >= 0.3 is 0 Å². The summed E-state index contributed by atoms with van der Waals surface area (Å²) in [4.78, 5) is 0. The highest BCUT2D eigenvalue weighted by atomic mass is 79.9. The van der Waals surface area contributed by atoms with Crippen LogP contribution in [0, 0.1) is 20.8 Å². The minimum atomic E-state index is 0.664. The van der Waals surface area contributed by atoms with Gasteiger partial charge in [0.25, 0.3) is 0 Å². The molecule has 120 valence electrons. The van der Waals surface area contributed by atoms with E-state index in [4.69, 9.17) is 15.0 Å². The molecule has 0 saturated heterocycles. The number of benzene rings is 1. The molecule has 3 aromatic rings. The van der Waals surface area contributed by atoms with Crippen LogP contribution in [0.5, 0.6) is 5.75 Å². The molecule has 2 aromatic heterocycles. The van der Waals surface area contributed by atoms with Crippen LogP contribution in [0.4, 0.5) is 5.82 Å². The lowest BCUT2D eigenvalue weighted by atomic mass is 10.1. The number of hydrogen-bond acceptors (Lipinski definition) is 4. The van der Waals surface area contributed by atoms with Crippen molar-refractivity contribution in [3.63, 3.8) is 0 Å². The van der Waals surface area contributed by atoms with Crippen LogP contribution in [0.2, 0.25) is 0 Å². The highest BCUT2D eigenvalue weighted by Crippen LogP contribution is 2.41. The highest BCUT2D eigenvalue weighted by Gasteiger charge is 2.23. The fourth-order valence-corrected chi connectivity index (χ4v) is 3.32. The first-order chi connectivity index (χ1) is 11.0. The molecule has 5 nitrogen and oxygen atoms in total. The molecule has 2 N–H and O–H groups in total. The predicted octanol–water partition coefficient (Wildman–Crippen LogP) is 4.41. The summed E-state index contributed by atoms with van der Waals surface area (Å²) < 4.78 is 13.5. The van der Waals surface area contributed by atoms with Gasteiger partial charge in [-0.25, -0.2) is 0 Å². The number of rotatable bonds is 3. The van der Waals surface area contributed by atoms with Gasteiger partial charge < -0.3 is 15.0 Å². The summed E-state index contributed by atoms with van der Waals surface area (Å²) >= 11 is 3.68. The molecule has 0 spiro atoms. The molecular weight excluding hydrogens is 358 g/mol. The van der Waals surface area contributed by atoms with Crippen LogP contribution in [0.3, 0.4) is 0 Å². The molecule has 0 aliphatic rings. The Kier molecular flexibility index (Phi) is 3.93. The molecule has 23 heavy (non-hydrogen) atoms. The summed E-state index contributed by atoms with van der Waals surface area (Å²) in [7, 11) is 1.65. The maximum atomic E-state index is 6.37. The zero-order valence-corrected chi connectivity index (χ0v) is 15.1. The summed E-state index contributed by atoms with van der Waals surface area (Å²) in [5.41, 5.74) is 11.0. The maximum Gasteiger partial charge on any atom is 0.157 e. The zero-order chi connectivity index (χ0) is 16.7. The summed E-state index contributed by atoms with van der Waals surface area (Å²) in [5, 5.41) is 4.05. The Morgan fingerprint density at radius 2 is 1.83 bits per heavy atom. The van der Waals surface area contributed by atoms with Crippen LogP contribution in [0.1, 0.15) is 17.0 Å².